The number of aromatic nitrogens is 1. The third-order valence-electron chi connectivity index (χ3n) is 2.52. The van der Waals surface area contributed by atoms with Gasteiger partial charge in [0.05, 0.1) is 0 Å². The molecular formula is C14H16N4O2S. The fourth-order valence-electron chi connectivity index (χ4n) is 1.55. The number of nitrogens with one attached hydrogen (secondary N) is 3. The molecule has 0 saturated heterocycles. The highest BCUT2D eigenvalue weighted by atomic mass is 32.1. The monoisotopic (exact) mass is 304 g/mol. The molecule has 0 atom stereocenters. The summed E-state index contributed by atoms with van der Waals surface area (Å²) in [6.45, 7) is 2.58. The minimum absolute atomic E-state index is 0.232. The topological polar surface area (TPSA) is 83.1 Å². The van der Waals surface area contributed by atoms with E-state index in [0.717, 1.165) is 6.42 Å². The van der Waals surface area contributed by atoms with Gasteiger partial charge >= 0.3 is 6.03 Å². The second-order valence-corrected chi connectivity index (χ2v) is 5.10. The molecule has 7 heteroatoms. The highest BCUT2D eigenvalue weighted by molar-refractivity contribution is 7.14. The molecule has 2 aromatic rings. The van der Waals surface area contributed by atoms with Crippen LogP contribution in [0.4, 0.5) is 15.6 Å². The fraction of sp³-hybridized carbons (Fsp3) is 0.214. The highest BCUT2D eigenvalue weighted by Crippen LogP contribution is 2.16. The molecule has 0 unspecified atom stereocenters. The van der Waals surface area contributed by atoms with Gasteiger partial charge in [-0.3, -0.25) is 10.1 Å². The number of thiazole rings is 1. The Balaban J connectivity index is 1.90. The Labute approximate surface area is 126 Å². The first kappa shape index (κ1) is 15.0. The number of nitrogens with zero attached hydrogens (tertiary/aromatic N) is 1. The van der Waals surface area contributed by atoms with Crippen molar-refractivity contribution >= 4 is 34.1 Å². The van der Waals surface area contributed by atoms with E-state index < -0.39 is 6.03 Å². The average molecular weight is 304 g/mol. The van der Waals surface area contributed by atoms with Crippen molar-refractivity contribution in [2.45, 2.75) is 13.3 Å². The molecule has 2 rings (SSSR count). The largest absolute Gasteiger partial charge is 0.351 e. The fourth-order valence-corrected chi connectivity index (χ4v) is 2.23. The lowest BCUT2D eigenvalue weighted by Crippen LogP contribution is -2.24. The van der Waals surface area contributed by atoms with Crippen molar-refractivity contribution in [3.63, 3.8) is 0 Å². The molecular weight excluding hydrogens is 288 g/mol. The predicted octanol–water partition coefficient (Wildman–Crippen LogP) is 2.93. The molecule has 0 aliphatic rings. The lowest BCUT2D eigenvalue weighted by atomic mass is 10.3. The lowest BCUT2D eigenvalue weighted by Gasteiger charge is -2.04. The molecule has 1 aromatic carbocycles. The van der Waals surface area contributed by atoms with Gasteiger partial charge in [0, 0.05) is 17.6 Å². The Morgan fingerprint density at radius 3 is 2.67 bits per heavy atom. The molecule has 0 spiro atoms. The predicted molar refractivity (Wildman–Crippen MR) is 83.8 cm³/mol. The minimum atomic E-state index is -0.393. The smallest absolute Gasteiger partial charge is 0.325 e. The van der Waals surface area contributed by atoms with E-state index in [0.29, 0.717) is 23.1 Å². The van der Waals surface area contributed by atoms with Crippen LogP contribution in [0.5, 0.6) is 0 Å². The summed E-state index contributed by atoms with van der Waals surface area (Å²) in [6, 6.07) is 8.70. The van der Waals surface area contributed by atoms with Gasteiger partial charge in [0.1, 0.15) is 5.69 Å². The van der Waals surface area contributed by atoms with Crippen LogP contribution in [-0.2, 0) is 0 Å². The van der Waals surface area contributed by atoms with Gasteiger partial charge in [-0.1, -0.05) is 25.1 Å². The van der Waals surface area contributed by atoms with Crippen molar-refractivity contribution in [3.8, 4) is 0 Å². The second-order valence-electron chi connectivity index (χ2n) is 4.24. The summed E-state index contributed by atoms with van der Waals surface area (Å²) >= 11 is 1.21. The van der Waals surface area contributed by atoms with Crippen LogP contribution in [0.1, 0.15) is 23.8 Å². The maximum absolute atomic E-state index is 11.8. The van der Waals surface area contributed by atoms with E-state index in [1.807, 2.05) is 25.1 Å². The van der Waals surface area contributed by atoms with Crippen LogP contribution >= 0.6 is 11.3 Å². The van der Waals surface area contributed by atoms with Gasteiger partial charge in [0.15, 0.2) is 5.13 Å². The summed E-state index contributed by atoms with van der Waals surface area (Å²) in [5, 5.41) is 10.0. The molecule has 110 valence electrons. The first-order chi connectivity index (χ1) is 10.2. The van der Waals surface area contributed by atoms with Crippen LogP contribution in [0, 0.1) is 0 Å². The summed E-state index contributed by atoms with van der Waals surface area (Å²) in [5.41, 5.74) is 0.996. The van der Waals surface area contributed by atoms with E-state index in [4.69, 9.17) is 0 Å². The van der Waals surface area contributed by atoms with Crippen LogP contribution < -0.4 is 16.0 Å². The highest BCUT2D eigenvalue weighted by Gasteiger charge is 2.11. The van der Waals surface area contributed by atoms with Crippen LogP contribution in [0.25, 0.3) is 0 Å². The van der Waals surface area contributed by atoms with E-state index >= 15 is 0 Å². The van der Waals surface area contributed by atoms with Crippen LogP contribution in [0.3, 0.4) is 0 Å². The first-order valence-corrected chi connectivity index (χ1v) is 7.43. The van der Waals surface area contributed by atoms with Crippen molar-refractivity contribution in [1.29, 1.82) is 0 Å². The molecule has 1 aromatic heterocycles. The Bertz CT molecular complexity index is 612. The average Bonchev–Trinajstić information content (AvgIpc) is 2.94. The standard InChI is InChI=1S/C14H16N4O2S/c1-2-8-15-12(19)11-9-21-14(17-11)18-13(20)16-10-6-4-3-5-7-10/h3-7,9H,2,8H2,1H3,(H,15,19)(H2,16,17,18,20). The summed E-state index contributed by atoms with van der Waals surface area (Å²) in [4.78, 5) is 27.6. The van der Waals surface area contributed by atoms with Gasteiger partial charge in [0.2, 0.25) is 0 Å². The third-order valence-corrected chi connectivity index (χ3v) is 3.28. The van der Waals surface area contributed by atoms with Gasteiger partial charge < -0.3 is 10.6 Å². The number of hydrogen-bond donors (Lipinski definition) is 3. The van der Waals surface area contributed by atoms with Gasteiger partial charge in [-0.15, -0.1) is 11.3 Å². The second kappa shape index (κ2) is 7.39. The number of para-hydroxylation sites is 1. The van der Waals surface area contributed by atoms with Gasteiger partial charge in [-0.25, -0.2) is 9.78 Å². The van der Waals surface area contributed by atoms with Gasteiger partial charge in [0.25, 0.3) is 5.91 Å². The summed E-state index contributed by atoms with van der Waals surface area (Å²) in [5.74, 6) is -0.232. The molecule has 0 aliphatic carbocycles. The maximum Gasteiger partial charge on any atom is 0.325 e. The molecule has 6 nitrogen and oxygen atoms in total. The van der Waals surface area contributed by atoms with E-state index in [9.17, 15) is 9.59 Å². The van der Waals surface area contributed by atoms with Crippen LogP contribution in [-0.4, -0.2) is 23.5 Å². The Hall–Kier alpha value is -2.41. The van der Waals surface area contributed by atoms with Crippen LogP contribution in [0.15, 0.2) is 35.7 Å². The third kappa shape index (κ3) is 4.57. The number of carbonyl (C=O) groups excluding carboxylic acids is 2. The van der Waals surface area contributed by atoms with Crippen molar-refractivity contribution in [3.05, 3.63) is 41.4 Å². The molecule has 0 bridgehead atoms. The van der Waals surface area contributed by atoms with Gasteiger partial charge in [-0.05, 0) is 18.6 Å². The molecule has 1 heterocycles. The first-order valence-electron chi connectivity index (χ1n) is 6.56. The molecule has 0 saturated carbocycles. The molecule has 3 N–H and O–H groups in total. The maximum atomic E-state index is 11.8. The number of hydrogen-bond acceptors (Lipinski definition) is 4. The van der Waals surface area contributed by atoms with E-state index in [2.05, 4.69) is 20.9 Å². The Morgan fingerprint density at radius 2 is 1.95 bits per heavy atom. The number of anilines is 2. The molecule has 0 aliphatic heterocycles. The quantitative estimate of drug-likeness (QED) is 0.794. The summed E-state index contributed by atoms with van der Waals surface area (Å²) < 4.78 is 0. The normalized spacial score (nSPS) is 9.95. The zero-order chi connectivity index (χ0) is 15.1. The molecule has 21 heavy (non-hydrogen) atoms. The van der Waals surface area contributed by atoms with Crippen LogP contribution in [0.2, 0.25) is 0 Å². The molecule has 0 fully saturated rings. The van der Waals surface area contributed by atoms with E-state index in [1.54, 1.807) is 17.5 Å². The van der Waals surface area contributed by atoms with Crippen molar-refractivity contribution in [2.75, 3.05) is 17.2 Å². The zero-order valence-electron chi connectivity index (χ0n) is 11.6. The Kier molecular flexibility index (Phi) is 5.28. The summed E-state index contributed by atoms with van der Waals surface area (Å²) in [6.07, 6.45) is 0.862. The van der Waals surface area contributed by atoms with E-state index in [-0.39, 0.29) is 5.91 Å². The van der Waals surface area contributed by atoms with Crippen molar-refractivity contribution in [1.82, 2.24) is 10.3 Å². The summed E-state index contributed by atoms with van der Waals surface area (Å²) in [7, 11) is 0. The molecule has 3 amide bonds. The van der Waals surface area contributed by atoms with Gasteiger partial charge in [-0.2, -0.15) is 0 Å². The number of amides is 3. The van der Waals surface area contributed by atoms with E-state index in [1.165, 1.54) is 11.3 Å². The molecule has 0 radical (unpaired) electrons. The number of urea groups is 1. The lowest BCUT2D eigenvalue weighted by molar-refractivity contribution is 0.0949. The Morgan fingerprint density at radius 1 is 1.19 bits per heavy atom. The minimum Gasteiger partial charge on any atom is -0.351 e. The van der Waals surface area contributed by atoms with Crippen molar-refractivity contribution < 1.29 is 9.59 Å². The zero-order valence-corrected chi connectivity index (χ0v) is 12.4. The number of rotatable bonds is 5. The number of carbonyl (C=O) groups is 2. The van der Waals surface area contributed by atoms with Crippen molar-refractivity contribution in [2.24, 2.45) is 0 Å². The SMILES string of the molecule is CCCNC(=O)c1csc(NC(=O)Nc2ccccc2)n1. The number of benzene rings is 1.